The molecular formula is C11H11NO2S. The topological polar surface area (TPSA) is 30.7 Å². The maximum absolute atomic E-state index is 11.6. The van der Waals surface area contributed by atoms with Gasteiger partial charge in [-0.2, -0.15) is 11.3 Å². The highest BCUT2D eigenvalue weighted by molar-refractivity contribution is 7.16. The van der Waals surface area contributed by atoms with Crippen molar-refractivity contribution in [2.75, 3.05) is 7.11 Å². The number of aryl methyl sites for hydroxylation is 1. The molecule has 0 aromatic carbocycles. The molecule has 0 radical (unpaired) electrons. The van der Waals surface area contributed by atoms with Gasteiger partial charge in [0.15, 0.2) is 0 Å². The minimum Gasteiger partial charge on any atom is -0.466 e. The van der Waals surface area contributed by atoms with E-state index in [1.165, 1.54) is 23.3 Å². The molecule has 0 aliphatic heterocycles. The molecule has 0 saturated heterocycles. The molecule has 0 amide bonds. The minimum atomic E-state index is -0.361. The molecule has 0 saturated carbocycles. The first-order chi connectivity index (χ1) is 7.27. The lowest BCUT2D eigenvalue weighted by Gasteiger charge is -2.11. The summed E-state index contributed by atoms with van der Waals surface area (Å²) in [4.78, 5) is 16.2. The van der Waals surface area contributed by atoms with E-state index in [2.05, 4.69) is 4.85 Å². The number of methoxy groups -OCH3 is 1. The van der Waals surface area contributed by atoms with Gasteiger partial charge in [-0.1, -0.05) is 0 Å². The second-order valence-electron chi connectivity index (χ2n) is 3.49. The van der Waals surface area contributed by atoms with Gasteiger partial charge in [-0.3, -0.25) is 0 Å². The van der Waals surface area contributed by atoms with E-state index < -0.39 is 0 Å². The van der Waals surface area contributed by atoms with Crippen LogP contribution in [0.2, 0.25) is 0 Å². The van der Waals surface area contributed by atoms with Crippen molar-refractivity contribution in [1.82, 2.24) is 0 Å². The van der Waals surface area contributed by atoms with E-state index in [4.69, 9.17) is 11.3 Å². The van der Waals surface area contributed by atoms with E-state index in [1.54, 1.807) is 0 Å². The maximum atomic E-state index is 11.6. The van der Waals surface area contributed by atoms with Crippen molar-refractivity contribution in [2.24, 2.45) is 0 Å². The van der Waals surface area contributed by atoms with Gasteiger partial charge in [0.05, 0.1) is 19.2 Å². The summed E-state index contributed by atoms with van der Waals surface area (Å²) in [7, 11) is 1.36. The average Bonchev–Trinajstić information content (AvgIpc) is 2.66. The van der Waals surface area contributed by atoms with Crippen LogP contribution < -0.4 is 0 Å². The Bertz CT molecular complexity index is 442. The maximum Gasteiger partial charge on any atom is 0.328 e. The molecule has 0 spiro atoms. The third kappa shape index (κ3) is 1.64. The van der Waals surface area contributed by atoms with Crippen LogP contribution in [0.25, 0.3) is 4.85 Å². The number of hydrogen-bond donors (Lipinski definition) is 0. The Morgan fingerprint density at radius 1 is 1.47 bits per heavy atom. The summed E-state index contributed by atoms with van der Waals surface area (Å²) in [5, 5.41) is 0.494. The monoisotopic (exact) mass is 221 g/mol. The van der Waals surface area contributed by atoms with Crippen LogP contribution in [0.5, 0.6) is 0 Å². The van der Waals surface area contributed by atoms with Gasteiger partial charge >= 0.3 is 5.97 Å². The highest BCUT2D eigenvalue weighted by Crippen LogP contribution is 2.40. The molecule has 15 heavy (non-hydrogen) atoms. The highest BCUT2D eigenvalue weighted by atomic mass is 32.1. The fraction of sp³-hybridized carbons (Fsp3) is 0.455. The first kappa shape index (κ1) is 10.2. The first-order valence-electron chi connectivity index (χ1n) is 4.88. The van der Waals surface area contributed by atoms with Gasteiger partial charge in [-0.25, -0.2) is 9.64 Å². The van der Waals surface area contributed by atoms with Gasteiger partial charge in [0, 0.05) is 0 Å². The smallest absolute Gasteiger partial charge is 0.328 e. The van der Waals surface area contributed by atoms with E-state index in [-0.39, 0.29) is 5.97 Å². The number of rotatable bonds is 1. The molecule has 0 N–H and O–H groups in total. The van der Waals surface area contributed by atoms with E-state index in [1.807, 2.05) is 0 Å². The Kier molecular flexibility index (Phi) is 2.74. The first-order valence-corrected chi connectivity index (χ1v) is 5.70. The van der Waals surface area contributed by atoms with Crippen molar-refractivity contribution < 1.29 is 9.53 Å². The van der Waals surface area contributed by atoms with Gasteiger partial charge in [-0.05, 0) is 36.1 Å². The quantitative estimate of drug-likeness (QED) is 0.539. The van der Waals surface area contributed by atoms with Gasteiger partial charge in [-0.15, -0.1) is 0 Å². The zero-order chi connectivity index (χ0) is 10.8. The van der Waals surface area contributed by atoms with Crippen LogP contribution >= 0.6 is 11.3 Å². The number of carbonyl (C=O) groups is 1. The fourth-order valence-corrected chi connectivity index (χ4v) is 3.10. The molecule has 3 nitrogen and oxygen atoms in total. The predicted octanol–water partition coefficient (Wildman–Crippen LogP) is 2.96. The molecule has 0 bridgehead atoms. The summed E-state index contributed by atoms with van der Waals surface area (Å²) in [6.07, 6.45) is 4.17. The summed E-state index contributed by atoms with van der Waals surface area (Å²) in [6, 6.07) is 0. The summed E-state index contributed by atoms with van der Waals surface area (Å²) in [5.41, 5.74) is 1.58. The molecule has 0 atom stereocenters. The molecule has 4 heteroatoms. The number of esters is 1. The van der Waals surface area contributed by atoms with E-state index >= 15 is 0 Å². The molecule has 1 aliphatic rings. The Morgan fingerprint density at radius 2 is 2.20 bits per heavy atom. The van der Waals surface area contributed by atoms with Crippen molar-refractivity contribution >= 4 is 22.3 Å². The van der Waals surface area contributed by atoms with E-state index in [0.717, 1.165) is 31.2 Å². The van der Waals surface area contributed by atoms with Crippen molar-refractivity contribution in [3.05, 3.63) is 27.4 Å². The van der Waals surface area contributed by atoms with Crippen molar-refractivity contribution in [3.8, 4) is 0 Å². The number of thiophene rings is 1. The van der Waals surface area contributed by atoms with Crippen LogP contribution in [-0.2, 0) is 17.6 Å². The number of ether oxygens (including phenoxy) is 1. The van der Waals surface area contributed by atoms with Gasteiger partial charge in [0.2, 0.25) is 0 Å². The second kappa shape index (κ2) is 4.03. The lowest BCUT2D eigenvalue weighted by atomic mass is 9.95. The van der Waals surface area contributed by atoms with Crippen LogP contribution in [0.1, 0.15) is 33.6 Å². The minimum absolute atomic E-state index is 0.361. The van der Waals surface area contributed by atoms with Crippen LogP contribution in [0.4, 0.5) is 5.00 Å². The SMILES string of the molecule is [C-]#[N+]c1sc2c(c1C(=O)OC)CCCC2. The third-order valence-corrected chi connectivity index (χ3v) is 3.83. The van der Waals surface area contributed by atoms with Crippen LogP contribution in [-0.4, -0.2) is 13.1 Å². The predicted molar refractivity (Wildman–Crippen MR) is 58.6 cm³/mol. The number of fused-ring (bicyclic) bond motifs is 1. The second-order valence-corrected chi connectivity index (χ2v) is 4.58. The van der Waals surface area contributed by atoms with Gasteiger partial charge in [0.1, 0.15) is 0 Å². The molecule has 2 rings (SSSR count). The van der Waals surface area contributed by atoms with Gasteiger partial charge < -0.3 is 4.74 Å². The van der Waals surface area contributed by atoms with Crippen LogP contribution in [0.3, 0.4) is 0 Å². The molecular weight excluding hydrogens is 210 g/mol. The van der Waals surface area contributed by atoms with Crippen molar-refractivity contribution in [3.63, 3.8) is 0 Å². The Morgan fingerprint density at radius 3 is 2.87 bits per heavy atom. The molecule has 0 unspecified atom stereocenters. The number of nitrogens with zero attached hydrogens (tertiary/aromatic N) is 1. The molecule has 1 heterocycles. The highest BCUT2D eigenvalue weighted by Gasteiger charge is 2.25. The summed E-state index contributed by atoms with van der Waals surface area (Å²) >= 11 is 1.45. The molecule has 1 aliphatic carbocycles. The summed E-state index contributed by atoms with van der Waals surface area (Å²) < 4.78 is 4.73. The molecule has 0 fully saturated rings. The van der Waals surface area contributed by atoms with Crippen LogP contribution in [0.15, 0.2) is 0 Å². The Labute approximate surface area is 92.5 Å². The summed E-state index contributed by atoms with van der Waals surface area (Å²) in [6.45, 7) is 7.06. The Hall–Kier alpha value is -1.34. The molecule has 78 valence electrons. The lowest BCUT2D eigenvalue weighted by Crippen LogP contribution is -2.07. The average molecular weight is 221 g/mol. The normalized spacial score (nSPS) is 14.1. The van der Waals surface area contributed by atoms with Crippen molar-refractivity contribution in [1.29, 1.82) is 0 Å². The lowest BCUT2D eigenvalue weighted by molar-refractivity contribution is 0.0601. The number of hydrogen-bond acceptors (Lipinski definition) is 3. The van der Waals surface area contributed by atoms with Crippen molar-refractivity contribution in [2.45, 2.75) is 25.7 Å². The fourth-order valence-electron chi connectivity index (χ4n) is 1.94. The largest absolute Gasteiger partial charge is 0.466 e. The van der Waals surface area contributed by atoms with Crippen LogP contribution in [0, 0.1) is 6.57 Å². The molecule has 1 aromatic rings. The zero-order valence-electron chi connectivity index (χ0n) is 8.50. The van der Waals surface area contributed by atoms with E-state index in [9.17, 15) is 4.79 Å². The summed E-state index contributed by atoms with van der Waals surface area (Å²) in [5.74, 6) is -0.361. The number of carbonyl (C=O) groups excluding carboxylic acids is 1. The van der Waals surface area contributed by atoms with Gasteiger partial charge in [0.25, 0.3) is 5.00 Å². The zero-order valence-corrected chi connectivity index (χ0v) is 9.32. The molecule has 1 aromatic heterocycles. The van der Waals surface area contributed by atoms with E-state index in [0.29, 0.717) is 10.6 Å². The Balaban J connectivity index is 2.55. The standard InChI is InChI=1S/C11H11NO2S/c1-12-10-9(11(13)14-2)7-5-3-4-6-8(7)15-10/h3-6H2,2H3. The third-order valence-electron chi connectivity index (χ3n) is 2.64.